The summed E-state index contributed by atoms with van der Waals surface area (Å²) in [6.45, 7) is 0. The average molecular weight is 334 g/mol. The fraction of sp³-hybridized carbons (Fsp3) is 0.500. The van der Waals surface area contributed by atoms with Crippen molar-refractivity contribution in [2.45, 2.75) is 37.8 Å². The average Bonchev–Trinajstić information content (AvgIpc) is 2.25. The van der Waals surface area contributed by atoms with Crippen molar-refractivity contribution in [2.75, 3.05) is 5.32 Å². The van der Waals surface area contributed by atoms with Gasteiger partial charge in [-0.1, -0.05) is 0 Å². The Labute approximate surface area is 109 Å². The van der Waals surface area contributed by atoms with Gasteiger partial charge in [-0.3, -0.25) is 0 Å². The highest BCUT2D eigenvalue weighted by atomic mass is 127. The summed E-state index contributed by atoms with van der Waals surface area (Å²) in [5, 5.41) is 3.47. The second kappa shape index (κ2) is 5.31. The molecule has 3 N–H and O–H groups in total. The van der Waals surface area contributed by atoms with E-state index in [4.69, 9.17) is 5.73 Å². The zero-order valence-corrected chi connectivity index (χ0v) is 11.2. The van der Waals surface area contributed by atoms with E-state index in [1.54, 1.807) is 6.07 Å². The van der Waals surface area contributed by atoms with E-state index in [-0.39, 0.29) is 5.82 Å². The van der Waals surface area contributed by atoms with E-state index in [0.717, 1.165) is 34.9 Å². The summed E-state index contributed by atoms with van der Waals surface area (Å²) in [4.78, 5) is 0. The third kappa shape index (κ3) is 3.07. The molecule has 16 heavy (non-hydrogen) atoms. The second-order valence-electron chi connectivity index (χ2n) is 4.38. The molecule has 2 nitrogen and oxygen atoms in total. The molecule has 0 heterocycles. The van der Waals surface area contributed by atoms with Gasteiger partial charge >= 0.3 is 0 Å². The number of nitrogens with two attached hydrogens (primary N) is 1. The van der Waals surface area contributed by atoms with Crippen molar-refractivity contribution in [3.8, 4) is 0 Å². The molecule has 4 heteroatoms. The summed E-state index contributed by atoms with van der Waals surface area (Å²) < 4.78 is 13.9. The monoisotopic (exact) mass is 334 g/mol. The summed E-state index contributed by atoms with van der Waals surface area (Å²) in [6.07, 6.45) is 4.37. The first kappa shape index (κ1) is 12.1. The first-order valence-electron chi connectivity index (χ1n) is 5.62. The Hall–Kier alpha value is -0.360. The lowest BCUT2D eigenvalue weighted by molar-refractivity contribution is 0.411. The van der Waals surface area contributed by atoms with Crippen LogP contribution in [0.25, 0.3) is 0 Å². The topological polar surface area (TPSA) is 38.0 Å². The quantitative estimate of drug-likeness (QED) is 0.816. The lowest BCUT2D eigenvalue weighted by Gasteiger charge is -2.28. The van der Waals surface area contributed by atoms with E-state index in [2.05, 4.69) is 27.9 Å². The Bertz CT molecular complexity index is 362. The molecular formula is C12H16FIN2. The van der Waals surface area contributed by atoms with Gasteiger partial charge in [0, 0.05) is 21.3 Å². The Morgan fingerprint density at radius 3 is 2.56 bits per heavy atom. The normalized spacial score (nSPS) is 25.4. The van der Waals surface area contributed by atoms with E-state index in [9.17, 15) is 4.39 Å². The van der Waals surface area contributed by atoms with Crippen molar-refractivity contribution < 1.29 is 4.39 Å². The second-order valence-corrected chi connectivity index (χ2v) is 5.54. The summed E-state index contributed by atoms with van der Waals surface area (Å²) in [5.41, 5.74) is 6.89. The molecule has 0 saturated heterocycles. The highest BCUT2D eigenvalue weighted by Gasteiger charge is 2.18. The maximum absolute atomic E-state index is 12.9. The maximum atomic E-state index is 12.9. The summed E-state index contributed by atoms with van der Waals surface area (Å²) in [5.74, 6) is -0.180. The van der Waals surface area contributed by atoms with Gasteiger partial charge in [0.2, 0.25) is 0 Å². The van der Waals surface area contributed by atoms with Crippen molar-refractivity contribution in [3.05, 3.63) is 27.6 Å². The van der Waals surface area contributed by atoms with E-state index in [0.29, 0.717) is 12.1 Å². The van der Waals surface area contributed by atoms with Crippen LogP contribution in [0, 0.1) is 9.39 Å². The third-order valence-electron chi connectivity index (χ3n) is 3.06. The van der Waals surface area contributed by atoms with Crippen LogP contribution < -0.4 is 11.1 Å². The molecule has 1 fully saturated rings. The van der Waals surface area contributed by atoms with E-state index in [1.807, 2.05) is 6.07 Å². The van der Waals surface area contributed by atoms with Gasteiger partial charge in [0.15, 0.2) is 0 Å². The fourth-order valence-electron chi connectivity index (χ4n) is 2.09. The molecule has 1 saturated carbocycles. The van der Waals surface area contributed by atoms with Crippen LogP contribution in [0.5, 0.6) is 0 Å². The van der Waals surface area contributed by atoms with E-state index >= 15 is 0 Å². The molecule has 0 amide bonds. The minimum absolute atomic E-state index is 0.180. The van der Waals surface area contributed by atoms with Gasteiger partial charge in [0.05, 0.1) is 0 Å². The molecule has 0 bridgehead atoms. The van der Waals surface area contributed by atoms with Crippen molar-refractivity contribution >= 4 is 28.3 Å². The van der Waals surface area contributed by atoms with Crippen LogP contribution in [0.3, 0.4) is 0 Å². The van der Waals surface area contributed by atoms with Gasteiger partial charge in [-0.15, -0.1) is 0 Å². The van der Waals surface area contributed by atoms with E-state index < -0.39 is 0 Å². The first-order valence-corrected chi connectivity index (χ1v) is 6.70. The highest BCUT2D eigenvalue weighted by Crippen LogP contribution is 2.24. The van der Waals surface area contributed by atoms with Crippen LogP contribution in [0.1, 0.15) is 25.7 Å². The zero-order valence-electron chi connectivity index (χ0n) is 9.05. The number of anilines is 1. The first-order chi connectivity index (χ1) is 7.65. The smallest absolute Gasteiger partial charge is 0.124 e. The molecule has 0 aromatic heterocycles. The summed E-state index contributed by atoms with van der Waals surface area (Å²) in [7, 11) is 0. The van der Waals surface area contributed by atoms with Gasteiger partial charge in [-0.05, 0) is 66.5 Å². The lowest BCUT2D eigenvalue weighted by atomic mass is 9.92. The number of benzene rings is 1. The van der Waals surface area contributed by atoms with Gasteiger partial charge in [0.25, 0.3) is 0 Å². The van der Waals surface area contributed by atoms with E-state index in [1.165, 1.54) is 6.07 Å². The molecule has 2 rings (SSSR count). The van der Waals surface area contributed by atoms with Crippen LogP contribution in [0.15, 0.2) is 18.2 Å². The third-order valence-corrected chi connectivity index (χ3v) is 3.96. The summed E-state index contributed by atoms with van der Waals surface area (Å²) in [6, 6.07) is 5.71. The fourth-order valence-corrected chi connectivity index (χ4v) is 2.72. The van der Waals surface area contributed by atoms with Crippen LogP contribution in [-0.2, 0) is 0 Å². The van der Waals surface area contributed by atoms with Crippen LogP contribution >= 0.6 is 22.6 Å². The predicted octanol–water partition coefficient (Wildman–Crippen LogP) is 3.11. The Morgan fingerprint density at radius 2 is 1.94 bits per heavy atom. The Morgan fingerprint density at radius 1 is 1.25 bits per heavy atom. The molecule has 88 valence electrons. The molecule has 0 atom stereocenters. The van der Waals surface area contributed by atoms with Crippen LogP contribution in [0.2, 0.25) is 0 Å². The van der Waals surface area contributed by atoms with Crippen molar-refractivity contribution in [3.63, 3.8) is 0 Å². The number of hydrogen-bond acceptors (Lipinski definition) is 2. The molecule has 1 aromatic rings. The Kier molecular flexibility index (Phi) is 4.02. The Balaban J connectivity index is 1.98. The maximum Gasteiger partial charge on any atom is 0.124 e. The summed E-state index contributed by atoms with van der Waals surface area (Å²) >= 11 is 2.16. The molecular weight excluding hydrogens is 318 g/mol. The largest absolute Gasteiger partial charge is 0.381 e. The molecule has 1 aliphatic rings. The molecule has 0 spiro atoms. The van der Waals surface area contributed by atoms with Crippen molar-refractivity contribution in [2.24, 2.45) is 5.73 Å². The minimum atomic E-state index is -0.180. The van der Waals surface area contributed by atoms with Crippen molar-refractivity contribution in [1.29, 1.82) is 0 Å². The van der Waals surface area contributed by atoms with Gasteiger partial charge in [0.1, 0.15) is 5.82 Å². The molecule has 1 aromatic carbocycles. The number of nitrogens with one attached hydrogen (secondary N) is 1. The number of hydrogen-bond donors (Lipinski definition) is 2. The molecule has 1 aliphatic carbocycles. The standard InChI is InChI=1S/C12H16FIN2/c13-8-1-6-12(11(14)7-8)16-10-4-2-9(15)3-5-10/h1,6-7,9-10,16H,2-5,15H2. The van der Waals surface area contributed by atoms with Gasteiger partial charge in [-0.25, -0.2) is 4.39 Å². The molecule has 0 aliphatic heterocycles. The number of rotatable bonds is 2. The minimum Gasteiger partial charge on any atom is -0.381 e. The van der Waals surface area contributed by atoms with Crippen molar-refractivity contribution in [1.82, 2.24) is 0 Å². The van der Waals surface area contributed by atoms with Gasteiger partial charge < -0.3 is 11.1 Å². The predicted molar refractivity (Wildman–Crippen MR) is 73.0 cm³/mol. The van der Waals surface area contributed by atoms with Crippen LogP contribution in [-0.4, -0.2) is 12.1 Å². The SMILES string of the molecule is NC1CCC(Nc2ccc(F)cc2I)CC1. The highest BCUT2D eigenvalue weighted by molar-refractivity contribution is 14.1. The van der Waals surface area contributed by atoms with Gasteiger partial charge in [-0.2, -0.15) is 0 Å². The molecule has 0 unspecified atom stereocenters. The molecule has 0 radical (unpaired) electrons. The lowest BCUT2D eigenvalue weighted by Crippen LogP contribution is -2.32. The zero-order chi connectivity index (χ0) is 11.5. The van der Waals surface area contributed by atoms with Crippen LogP contribution in [0.4, 0.5) is 10.1 Å². The number of halogens is 2.